The van der Waals surface area contributed by atoms with E-state index in [1.807, 2.05) is 0 Å². The van der Waals surface area contributed by atoms with E-state index in [1.54, 1.807) is 37.3 Å². The van der Waals surface area contributed by atoms with Crippen LogP contribution in [0.25, 0.3) is 0 Å². The summed E-state index contributed by atoms with van der Waals surface area (Å²) in [5, 5.41) is 9.25. The molecule has 0 bridgehead atoms. The summed E-state index contributed by atoms with van der Waals surface area (Å²) < 4.78 is 9.65. The third kappa shape index (κ3) is 3.83. The number of rotatable bonds is 5. The molecule has 132 valence electrons. The molecule has 2 heterocycles. The van der Waals surface area contributed by atoms with Crippen LogP contribution in [0.3, 0.4) is 0 Å². The molecular formula is C17H15N5O4. The summed E-state index contributed by atoms with van der Waals surface area (Å²) in [5.41, 5.74) is 0.966. The predicted molar refractivity (Wildman–Crippen MR) is 92.3 cm³/mol. The van der Waals surface area contributed by atoms with Crippen molar-refractivity contribution >= 4 is 29.2 Å². The molecule has 0 atom stereocenters. The third-order valence-corrected chi connectivity index (χ3v) is 3.36. The highest BCUT2D eigenvalue weighted by atomic mass is 16.5. The van der Waals surface area contributed by atoms with Crippen molar-refractivity contribution in [3.05, 3.63) is 59.7 Å². The number of benzene rings is 1. The number of hydrogen-bond acceptors (Lipinski definition) is 8. The highest BCUT2D eigenvalue weighted by molar-refractivity contribution is 6.03. The number of amides is 1. The summed E-state index contributed by atoms with van der Waals surface area (Å²) in [7, 11) is 1.30. The average molecular weight is 353 g/mol. The average Bonchev–Trinajstić information content (AvgIpc) is 3.06. The van der Waals surface area contributed by atoms with Crippen molar-refractivity contribution in [1.29, 1.82) is 0 Å². The van der Waals surface area contributed by atoms with E-state index in [-0.39, 0.29) is 11.5 Å². The van der Waals surface area contributed by atoms with Gasteiger partial charge in [0.1, 0.15) is 23.6 Å². The summed E-state index contributed by atoms with van der Waals surface area (Å²) in [4.78, 5) is 32.1. The minimum Gasteiger partial charge on any atom is -0.465 e. The van der Waals surface area contributed by atoms with Crippen LogP contribution in [0.4, 0.5) is 17.3 Å². The Hall–Kier alpha value is -3.75. The van der Waals surface area contributed by atoms with Gasteiger partial charge in [-0.3, -0.25) is 4.79 Å². The van der Waals surface area contributed by atoms with Gasteiger partial charge in [0, 0.05) is 12.1 Å². The number of nitrogens with zero attached hydrogens (tertiary/aromatic N) is 3. The highest BCUT2D eigenvalue weighted by Crippen LogP contribution is 2.20. The molecule has 0 unspecified atom stereocenters. The number of carbonyl (C=O) groups is 2. The van der Waals surface area contributed by atoms with E-state index in [9.17, 15) is 9.59 Å². The number of aryl methyl sites for hydroxylation is 1. The third-order valence-electron chi connectivity index (χ3n) is 3.36. The van der Waals surface area contributed by atoms with Crippen LogP contribution in [0.15, 0.2) is 47.2 Å². The second-order valence-electron chi connectivity index (χ2n) is 5.23. The van der Waals surface area contributed by atoms with E-state index in [0.29, 0.717) is 22.8 Å². The van der Waals surface area contributed by atoms with Crippen LogP contribution in [0.1, 0.15) is 26.6 Å². The van der Waals surface area contributed by atoms with Gasteiger partial charge in [0.15, 0.2) is 5.82 Å². The van der Waals surface area contributed by atoms with Crippen LogP contribution in [0.2, 0.25) is 0 Å². The molecule has 0 saturated carbocycles. The fourth-order valence-corrected chi connectivity index (χ4v) is 2.17. The minimum absolute atomic E-state index is 0.124. The lowest BCUT2D eigenvalue weighted by Crippen LogP contribution is -2.14. The van der Waals surface area contributed by atoms with Crippen molar-refractivity contribution in [2.75, 3.05) is 17.7 Å². The van der Waals surface area contributed by atoms with Crippen LogP contribution < -0.4 is 10.6 Å². The summed E-state index contributed by atoms with van der Waals surface area (Å²) >= 11 is 0. The molecule has 26 heavy (non-hydrogen) atoms. The Labute approximate surface area is 148 Å². The number of methoxy groups -OCH3 is 1. The molecule has 1 amide bonds. The molecule has 0 radical (unpaired) electrons. The molecular weight excluding hydrogens is 338 g/mol. The van der Waals surface area contributed by atoms with Gasteiger partial charge in [-0.15, -0.1) is 0 Å². The molecule has 0 aliphatic rings. The largest absolute Gasteiger partial charge is 0.465 e. The fraction of sp³-hybridized carbons (Fsp3) is 0.118. The smallest absolute Gasteiger partial charge is 0.339 e. The summed E-state index contributed by atoms with van der Waals surface area (Å²) in [6.45, 7) is 1.72. The Kier molecular flexibility index (Phi) is 4.88. The SMILES string of the molecule is COC(=O)c1ccccc1Nc1cc(C(=O)Nc2cc(C)on2)ncn1. The number of carbonyl (C=O) groups excluding carboxylic acids is 2. The summed E-state index contributed by atoms with van der Waals surface area (Å²) in [6, 6.07) is 9.84. The first-order chi connectivity index (χ1) is 12.6. The van der Waals surface area contributed by atoms with Crippen molar-refractivity contribution in [3.63, 3.8) is 0 Å². The van der Waals surface area contributed by atoms with Gasteiger partial charge in [-0.2, -0.15) is 0 Å². The van der Waals surface area contributed by atoms with E-state index in [4.69, 9.17) is 9.26 Å². The first kappa shape index (κ1) is 17.1. The van der Waals surface area contributed by atoms with Crippen LogP contribution in [-0.2, 0) is 4.74 Å². The molecule has 0 fully saturated rings. The molecule has 2 N–H and O–H groups in total. The first-order valence-corrected chi connectivity index (χ1v) is 7.58. The van der Waals surface area contributed by atoms with Gasteiger partial charge in [-0.1, -0.05) is 17.3 Å². The molecule has 0 aliphatic heterocycles. The zero-order valence-electron chi connectivity index (χ0n) is 14.0. The molecule has 0 aliphatic carbocycles. The maximum Gasteiger partial charge on any atom is 0.339 e. The highest BCUT2D eigenvalue weighted by Gasteiger charge is 2.14. The molecule has 3 aromatic rings. The second-order valence-corrected chi connectivity index (χ2v) is 5.23. The molecule has 0 saturated heterocycles. The fourth-order valence-electron chi connectivity index (χ4n) is 2.17. The van der Waals surface area contributed by atoms with Crippen molar-refractivity contribution in [2.45, 2.75) is 6.92 Å². The van der Waals surface area contributed by atoms with Gasteiger partial charge < -0.3 is 19.9 Å². The Balaban J connectivity index is 1.80. The van der Waals surface area contributed by atoms with Gasteiger partial charge in [0.2, 0.25) is 0 Å². The van der Waals surface area contributed by atoms with Gasteiger partial charge in [0.25, 0.3) is 5.91 Å². The monoisotopic (exact) mass is 353 g/mol. The first-order valence-electron chi connectivity index (χ1n) is 7.58. The topological polar surface area (TPSA) is 119 Å². The lowest BCUT2D eigenvalue weighted by molar-refractivity contribution is 0.0601. The maximum absolute atomic E-state index is 12.3. The lowest BCUT2D eigenvalue weighted by Gasteiger charge is -2.10. The number of esters is 1. The van der Waals surface area contributed by atoms with Crippen molar-refractivity contribution in [1.82, 2.24) is 15.1 Å². The van der Waals surface area contributed by atoms with Gasteiger partial charge in [-0.25, -0.2) is 14.8 Å². The van der Waals surface area contributed by atoms with E-state index in [2.05, 4.69) is 25.8 Å². The molecule has 9 nitrogen and oxygen atoms in total. The van der Waals surface area contributed by atoms with Gasteiger partial charge in [0.05, 0.1) is 18.4 Å². The van der Waals surface area contributed by atoms with Gasteiger partial charge >= 0.3 is 5.97 Å². The summed E-state index contributed by atoms with van der Waals surface area (Å²) in [6.07, 6.45) is 1.24. The van der Waals surface area contributed by atoms with Crippen LogP contribution >= 0.6 is 0 Å². The second kappa shape index (κ2) is 7.43. The van der Waals surface area contributed by atoms with Crippen LogP contribution in [-0.4, -0.2) is 34.1 Å². The van der Waals surface area contributed by atoms with E-state index >= 15 is 0 Å². The zero-order valence-corrected chi connectivity index (χ0v) is 14.0. The standard InChI is InChI=1S/C17H15N5O4/c1-10-7-15(22-26-10)21-16(23)13-8-14(19-9-18-13)20-12-6-4-3-5-11(12)17(24)25-2/h3-9H,1-2H3,(H,18,19,20)(H,21,22,23). The number of nitrogens with one attached hydrogen (secondary N) is 2. The molecule has 2 aromatic heterocycles. The number of anilines is 3. The Morgan fingerprint density at radius 2 is 1.92 bits per heavy atom. The zero-order chi connectivity index (χ0) is 18.5. The normalized spacial score (nSPS) is 10.2. The van der Waals surface area contributed by atoms with Crippen LogP contribution in [0.5, 0.6) is 0 Å². The number of ether oxygens (including phenoxy) is 1. The van der Waals surface area contributed by atoms with Crippen molar-refractivity contribution in [2.24, 2.45) is 0 Å². The molecule has 1 aromatic carbocycles. The lowest BCUT2D eigenvalue weighted by atomic mass is 10.2. The summed E-state index contributed by atoms with van der Waals surface area (Å²) in [5.74, 6) is 0.255. The number of aromatic nitrogens is 3. The van der Waals surface area contributed by atoms with E-state index in [1.165, 1.54) is 19.5 Å². The molecule has 9 heteroatoms. The quantitative estimate of drug-likeness (QED) is 0.672. The van der Waals surface area contributed by atoms with E-state index in [0.717, 1.165) is 0 Å². The van der Waals surface area contributed by atoms with Crippen molar-refractivity contribution in [3.8, 4) is 0 Å². The minimum atomic E-state index is -0.485. The van der Waals surface area contributed by atoms with E-state index < -0.39 is 11.9 Å². The number of hydrogen-bond donors (Lipinski definition) is 2. The molecule has 0 spiro atoms. The predicted octanol–water partition coefficient (Wildman–Crippen LogP) is 2.56. The Morgan fingerprint density at radius 3 is 2.65 bits per heavy atom. The van der Waals surface area contributed by atoms with Crippen LogP contribution in [0, 0.1) is 6.92 Å². The Morgan fingerprint density at radius 1 is 1.12 bits per heavy atom. The number of para-hydroxylation sites is 1. The molecule has 3 rings (SSSR count). The Bertz CT molecular complexity index is 954. The maximum atomic E-state index is 12.3. The van der Waals surface area contributed by atoms with Gasteiger partial charge in [-0.05, 0) is 19.1 Å². The van der Waals surface area contributed by atoms with Crippen molar-refractivity contribution < 1.29 is 18.8 Å².